The lowest BCUT2D eigenvalue weighted by molar-refractivity contribution is 0.119. The molecule has 0 amide bonds. The van der Waals surface area contributed by atoms with E-state index in [4.69, 9.17) is 0 Å². The molecule has 0 bridgehead atoms. The van der Waals surface area contributed by atoms with Crippen LogP contribution in [0.3, 0.4) is 0 Å². The van der Waals surface area contributed by atoms with Crippen molar-refractivity contribution in [1.29, 1.82) is 0 Å². The standard InChI is InChI=1S/C14H20O/c1-14(2,3)13-9-11(15)8-10-6-4-5-7-12(10)13/h4-7,11,13,15H,8-9H2,1-3H3. The molecule has 1 aliphatic rings. The van der Waals surface area contributed by atoms with Crippen LogP contribution in [0.5, 0.6) is 0 Å². The molecule has 0 spiro atoms. The van der Waals surface area contributed by atoms with E-state index >= 15 is 0 Å². The lowest BCUT2D eigenvalue weighted by Gasteiger charge is -2.37. The summed E-state index contributed by atoms with van der Waals surface area (Å²) in [6.07, 6.45) is 1.56. The molecule has 2 rings (SSSR count). The maximum Gasteiger partial charge on any atom is 0.0586 e. The zero-order chi connectivity index (χ0) is 11.1. The fourth-order valence-corrected chi connectivity index (χ4v) is 2.62. The predicted octanol–water partition coefficient (Wildman–Crippen LogP) is 3.12. The van der Waals surface area contributed by atoms with Gasteiger partial charge in [-0.2, -0.15) is 0 Å². The number of aliphatic hydroxyl groups is 1. The van der Waals surface area contributed by atoms with Crippen molar-refractivity contribution in [3.8, 4) is 0 Å². The van der Waals surface area contributed by atoms with E-state index in [9.17, 15) is 5.11 Å². The second-order valence-corrected chi connectivity index (χ2v) is 5.71. The van der Waals surface area contributed by atoms with Crippen LogP contribution in [0.15, 0.2) is 24.3 Å². The van der Waals surface area contributed by atoms with Gasteiger partial charge in [-0.3, -0.25) is 0 Å². The molecule has 2 unspecified atom stereocenters. The Labute approximate surface area is 92.1 Å². The number of fused-ring (bicyclic) bond motifs is 1. The molecule has 0 heterocycles. The largest absolute Gasteiger partial charge is 0.393 e. The Morgan fingerprint density at radius 3 is 2.53 bits per heavy atom. The van der Waals surface area contributed by atoms with Gasteiger partial charge in [-0.05, 0) is 35.3 Å². The van der Waals surface area contributed by atoms with Crippen molar-refractivity contribution < 1.29 is 5.11 Å². The molecule has 1 aromatic carbocycles. The van der Waals surface area contributed by atoms with Crippen LogP contribution in [-0.2, 0) is 6.42 Å². The highest BCUT2D eigenvalue weighted by molar-refractivity contribution is 5.34. The average Bonchev–Trinajstić information content (AvgIpc) is 2.15. The smallest absolute Gasteiger partial charge is 0.0586 e. The molecule has 1 heteroatoms. The van der Waals surface area contributed by atoms with Crippen molar-refractivity contribution in [2.24, 2.45) is 5.41 Å². The van der Waals surface area contributed by atoms with Gasteiger partial charge in [0.05, 0.1) is 6.10 Å². The van der Waals surface area contributed by atoms with Crippen molar-refractivity contribution in [1.82, 2.24) is 0 Å². The second kappa shape index (κ2) is 3.64. The summed E-state index contributed by atoms with van der Waals surface area (Å²) in [5.41, 5.74) is 3.00. The Morgan fingerprint density at radius 1 is 1.20 bits per heavy atom. The van der Waals surface area contributed by atoms with Crippen LogP contribution < -0.4 is 0 Å². The molecule has 0 radical (unpaired) electrons. The monoisotopic (exact) mass is 204 g/mol. The van der Waals surface area contributed by atoms with Gasteiger partial charge in [0.2, 0.25) is 0 Å². The van der Waals surface area contributed by atoms with Gasteiger partial charge in [0.25, 0.3) is 0 Å². The predicted molar refractivity (Wildman–Crippen MR) is 63.0 cm³/mol. The molecule has 0 aliphatic heterocycles. The minimum Gasteiger partial charge on any atom is -0.393 e. The fraction of sp³-hybridized carbons (Fsp3) is 0.571. The third kappa shape index (κ3) is 2.07. The first-order chi connectivity index (χ1) is 6.98. The molecular formula is C14H20O. The van der Waals surface area contributed by atoms with Gasteiger partial charge in [0, 0.05) is 0 Å². The zero-order valence-corrected chi connectivity index (χ0v) is 9.83. The van der Waals surface area contributed by atoms with Crippen LogP contribution in [0.2, 0.25) is 0 Å². The quantitative estimate of drug-likeness (QED) is 0.688. The summed E-state index contributed by atoms with van der Waals surface area (Å²) < 4.78 is 0. The van der Waals surface area contributed by atoms with Crippen LogP contribution in [0.25, 0.3) is 0 Å². The summed E-state index contributed by atoms with van der Waals surface area (Å²) in [6, 6.07) is 8.54. The van der Waals surface area contributed by atoms with Gasteiger partial charge < -0.3 is 5.11 Å². The summed E-state index contributed by atoms with van der Waals surface area (Å²) in [5, 5.41) is 9.89. The van der Waals surface area contributed by atoms with Gasteiger partial charge in [0.15, 0.2) is 0 Å². The third-order valence-corrected chi connectivity index (χ3v) is 3.44. The van der Waals surface area contributed by atoms with Crippen molar-refractivity contribution in [3.05, 3.63) is 35.4 Å². The van der Waals surface area contributed by atoms with Gasteiger partial charge in [-0.25, -0.2) is 0 Å². The van der Waals surface area contributed by atoms with Crippen LogP contribution in [0.4, 0.5) is 0 Å². The van der Waals surface area contributed by atoms with Crippen molar-refractivity contribution in [2.75, 3.05) is 0 Å². The summed E-state index contributed by atoms with van der Waals surface area (Å²) in [5.74, 6) is 0.484. The lowest BCUT2D eigenvalue weighted by atomic mass is 9.68. The van der Waals surface area contributed by atoms with Gasteiger partial charge in [-0.15, -0.1) is 0 Å². The van der Waals surface area contributed by atoms with Crippen LogP contribution in [0, 0.1) is 5.41 Å². The van der Waals surface area contributed by atoms with Gasteiger partial charge in [-0.1, -0.05) is 45.0 Å². The Balaban J connectivity index is 2.43. The van der Waals surface area contributed by atoms with Gasteiger partial charge in [0.1, 0.15) is 0 Å². The highest BCUT2D eigenvalue weighted by atomic mass is 16.3. The molecule has 15 heavy (non-hydrogen) atoms. The maximum absolute atomic E-state index is 9.89. The summed E-state index contributed by atoms with van der Waals surface area (Å²) >= 11 is 0. The van der Waals surface area contributed by atoms with Crippen molar-refractivity contribution in [3.63, 3.8) is 0 Å². The average molecular weight is 204 g/mol. The highest BCUT2D eigenvalue weighted by Gasteiger charge is 2.33. The zero-order valence-electron chi connectivity index (χ0n) is 9.83. The van der Waals surface area contributed by atoms with Crippen molar-refractivity contribution in [2.45, 2.75) is 45.6 Å². The summed E-state index contributed by atoms with van der Waals surface area (Å²) in [4.78, 5) is 0. The summed E-state index contributed by atoms with van der Waals surface area (Å²) in [7, 11) is 0. The third-order valence-electron chi connectivity index (χ3n) is 3.44. The molecule has 82 valence electrons. The van der Waals surface area contributed by atoms with E-state index in [1.165, 1.54) is 11.1 Å². The van der Waals surface area contributed by atoms with E-state index in [0.29, 0.717) is 5.92 Å². The van der Waals surface area contributed by atoms with E-state index < -0.39 is 0 Å². The van der Waals surface area contributed by atoms with E-state index in [1.54, 1.807) is 0 Å². The highest BCUT2D eigenvalue weighted by Crippen LogP contribution is 2.43. The molecule has 0 aromatic heterocycles. The number of benzene rings is 1. The minimum atomic E-state index is -0.163. The molecule has 0 fully saturated rings. The number of rotatable bonds is 0. The van der Waals surface area contributed by atoms with E-state index in [0.717, 1.165) is 12.8 Å². The maximum atomic E-state index is 9.89. The number of aliphatic hydroxyl groups excluding tert-OH is 1. The molecule has 1 aliphatic carbocycles. The number of hydrogen-bond donors (Lipinski definition) is 1. The first-order valence-corrected chi connectivity index (χ1v) is 5.74. The number of hydrogen-bond acceptors (Lipinski definition) is 1. The van der Waals surface area contributed by atoms with Crippen LogP contribution in [-0.4, -0.2) is 11.2 Å². The SMILES string of the molecule is CC(C)(C)C1CC(O)Cc2ccccc21. The molecule has 0 saturated carbocycles. The topological polar surface area (TPSA) is 20.2 Å². The Hall–Kier alpha value is -0.820. The normalized spacial score (nSPS) is 26.1. The molecule has 0 saturated heterocycles. The molecule has 2 atom stereocenters. The molecule has 1 N–H and O–H groups in total. The molecular weight excluding hydrogens is 184 g/mol. The molecule has 1 nitrogen and oxygen atoms in total. The Bertz CT molecular complexity index is 349. The fourth-order valence-electron chi connectivity index (χ4n) is 2.62. The van der Waals surface area contributed by atoms with Crippen LogP contribution in [0.1, 0.15) is 44.2 Å². The van der Waals surface area contributed by atoms with Crippen molar-refractivity contribution >= 4 is 0 Å². The van der Waals surface area contributed by atoms with Crippen LogP contribution >= 0.6 is 0 Å². The Morgan fingerprint density at radius 2 is 1.87 bits per heavy atom. The van der Waals surface area contributed by atoms with Gasteiger partial charge >= 0.3 is 0 Å². The minimum absolute atomic E-state index is 0.163. The first-order valence-electron chi connectivity index (χ1n) is 5.74. The second-order valence-electron chi connectivity index (χ2n) is 5.71. The summed E-state index contributed by atoms with van der Waals surface area (Å²) in [6.45, 7) is 6.77. The Kier molecular flexibility index (Phi) is 2.59. The van der Waals surface area contributed by atoms with E-state index in [-0.39, 0.29) is 11.5 Å². The van der Waals surface area contributed by atoms with E-state index in [2.05, 4.69) is 45.0 Å². The molecule has 1 aromatic rings. The lowest BCUT2D eigenvalue weighted by Crippen LogP contribution is -2.30. The van der Waals surface area contributed by atoms with E-state index in [1.807, 2.05) is 0 Å². The first kappa shape index (κ1) is 10.7.